The fourth-order valence-electron chi connectivity index (χ4n) is 1.64. The van der Waals surface area contributed by atoms with Crippen LogP contribution in [0.5, 0.6) is 0 Å². The van der Waals surface area contributed by atoms with Crippen molar-refractivity contribution in [2.75, 3.05) is 11.9 Å². The molecule has 0 spiro atoms. The summed E-state index contributed by atoms with van der Waals surface area (Å²) >= 11 is 4.89. The summed E-state index contributed by atoms with van der Waals surface area (Å²) in [5, 5.41) is 10.8. The minimum atomic E-state index is -1.30. The van der Waals surface area contributed by atoms with Crippen molar-refractivity contribution in [2.24, 2.45) is 0 Å². The third-order valence-corrected chi connectivity index (χ3v) is 4.06. The average Bonchev–Trinajstić information content (AvgIpc) is 2.74. The van der Waals surface area contributed by atoms with Crippen LogP contribution in [0, 0.1) is 5.82 Å². The van der Waals surface area contributed by atoms with E-state index in [0.717, 1.165) is 15.4 Å². The maximum Gasteiger partial charge on any atom is 0.338 e. The molecule has 2 rings (SSSR count). The zero-order valence-electron chi connectivity index (χ0n) is 9.93. The van der Waals surface area contributed by atoms with E-state index in [1.54, 1.807) is 11.9 Å². The van der Waals surface area contributed by atoms with Crippen molar-refractivity contribution < 1.29 is 14.3 Å². The monoisotopic (exact) mass is 344 g/mol. The van der Waals surface area contributed by atoms with E-state index in [-0.39, 0.29) is 11.4 Å². The summed E-state index contributed by atoms with van der Waals surface area (Å²) in [7, 11) is 1.67. The number of hydrogen-bond donors (Lipinski definition) is 1. The summed E-state index contributed by atoms with van der Waals surface area (Å²) in [5.74, 6) is -2.08. The maximum atomic E-state index is 14.0. The lowest BCUT2D eigenvalue weighted by molar-refractivity contribution is 0.0692. The molecule has 4 nitrogen and oxygen atoms in total. The number of rotatable bonds is 4. The fourth-order valence-corrected chi connectivity index (χ4v) is 2.84. The zero-order chi connectivity index (χ0) is 14.0. The van der Waals surface area contributed by atoms with Gasteiger partial charge in [0.05, 0.1) is 3.79 Å². The quantitative estimate of drug-likeness (QED) is 0.923. The van der Waals surface area contributed by atoms with E-state index in [0.29, 0.717) is 6.54 Å². The number of pyridine rings is 1. The summed E-state index contributed by atoms with van der Waals surface area (Å²) in [6.07, 6.45) is 1.29. The van der Waals surface area contributed by atoms with Crippen LogP contribution in [-0.4, -0.2) is 23.1 Å². The van der Waals surface area contributed by atoms with Crippen LogP contribution in [0.4, 0.5) is 10.2 Å². The Morgan fingerprint density at radius 3 is 2.95 bits per heavy atom. The molecule has 0 amide bonds. The van der Waals surface area contributed by atoms with Gasteiger partial charge in [0.2, 0.25) is 0 Å². The first-order valence-electron chi connectivity index (χ1n) is 5.31. The first-order valence-corrected chi connectivity index (χ1v) is 6.98. The number of nitrogens with zero attached hydrogens (tertiary/aromatic N) is 2. The molecule has 0 saturated heterocycles. The molecule has 7 heteroatoms. The molecule has 0 aromatic carbocycles. The SMILES string of the molecule is CN(Cc1csc(Br)c1)c1nccc(C(=O)O)c1F. The molecule has 1 N–H and O–H groups in total. The number of aromatic nitrogens is 1. The highest BCUT2D eigenvalue weighted by molar-refractivity contribution is 9.11. The van der Waals surface area contributed by atoms with Gasteiger partial charge in [-0.3, -0.25) is 0 Å². The minimum Gasteiger partial charge on any atom is -0.478 e. The number of carboxylic acids is 1. The smallest absolute Gasteiger partial charge is 0.338 e. The molecule has 0 aliphatic heterocycles. The van der Waals surface area contributed by atoms with Crippen LogP contribution in [0.3, 0.4) is 0 Å². The van der Waals surface area contributed by atoms with Crippen LogP contribution >= 0.6 is 27.3 Å². The lowest BCUT2D eigenvalue weighted by atomic mass is 10.2. The Kier molecular flexibility index (Phi) is 4.16. The second-order valence-corrected chi connectivity index (χ2v) is 6.21. The van der Waals surface area contributed by atoms with Gasteiger partial charge in [0.15, 0.2) is 11.6 Å². The second kappa shape index (κ2) is 5.66. The van der Waals surface area contributed by atoms with Crippen LogP contribution in [0.25, 0.3) is 0 Å². The molecule has 0 saturated carbocycles. The van der Waals surface area contributed by atoms with Crippen LogP contribution in [0.15, 0.2) is 27.5 Å². The highest BCUT2D eigenvalue weighted by Crippen LogP contribution is 2.24. The number of carbonyl (C=O) groups is 1. The third kappa shape index (κ3) is 3.10. The molecule has 2 aromatic heterocycles. The molecule has 0 aliphatic carbocycles. The normalized spacial score (nSPS) is 10.5. The highest BCUT2D eigenvalue weighted by Gasteiger charge is 2.18. The Labute approximate surface area is 121 Å². The zero-order valence-corrected chi connectivity index (χ0v) is 12.3. The van der Waals surface area contributed by atoms with Gasteiger partial charge in [-0.1, -0.05) is 0 Å². The average molecular weight is 345 g/mol. The van der Waals surface area contributed by atoms with Gasteiger partial charge < -0.3 is 10.0 Å². The van der Waals surface area contributed by atoms with Crippen LogP contribution in [0.2, 0.25) is 0 Å². The minimum absolute atomic E-state index is 0.0298. The molecule has 2 heterocycles. The largest absolute Gasteiger partial charge is 0.478 e. The number of thiophene rings is 1. The molecule has 0 fully saturated rings. The molecule has 19 heavy (non-hydrogen) atoms. The van der Waals surface area contributed by atoms with Gasteiger partial charge in [0.1, 0.15) is 5.56 Å². The van der Waals surface area contributed by atoms with E-state index in [2.05, 4.69) is 20.9 Å². The molecule has 0 bridgehead atoms. The summed E-state index contributed by atoms with van der Waals surface area (Å²) in [5.41, 5.74) is 0.629. The maximum absolute atomic E-state index is 14.0. The van der Waals surface area contributed by atoms with Crippen molar-refractivity contribution in [1.29, 1.82) is 0 Å². The summed E-state index contributed by atoms with van der Waals surface area (Å²) in [6.45, 7) is 0.453. The fraction of sp³-hybridized carbons (Fsp3) is 0.167. The van der Waals surface area contributed by atoms with Gasteiger partial charge in [-0.05, 0) is 39.0 Å². The van der Waals surface area contributed by atoms with Crippen LogP contribution in [0.1, 0.15) is 15.9 Å². The predicted octanol–water partition coefficient (Wildman–Crippen LogP) is 3.38. The van der Waals surface area contributed by atoms with Crippen molar-refractivity contribution in [3.63, 3.8) is 0 Å². The van der Waals surface area contributed by atoms with E-state index in [1.807, 2.05) is 11.4 Å². The van der Waals surface area contributed by atoms with Crippen LogP contribution < -0.4 is 4.90 Å². The number of halogens is 2. The van der Waals surface area contributed by atoms with Crippen molar-refractivity contribution in [3.05, 3.63) is 44.4 Å². The van der Waals surface area contributed by atoms with Crippen molar-refractivity contribution in [3.8, 4) is 0 Å². The van der Waals surface area contributed by atoms with E-state index in [1.165, 1.54) is 17.5 Å². The molecule has 100 valence electrons. The summed E-state index contributed by atoms with van der Waals surface area (Å²) in [4.78, 5) is 16.4. The van der Waals surface area contributed by atoms with Gasteiger partial charge in [-0.2, -0.15) is 0 Å². The Bertz CT molecular complexity index is 618. The molecule has 0 radical (unpaired) electrons. The van der Waals surface area contributed by atoms with Gasteiger partial charge in [-0.15, -0.1) is 11.3 Å². The van der Waals surface area contributed by atoms with Crippen molar-refractivity contribution >= 4 is 39.1 Å². The van der Waals surface area contributed by atoms with E-state index in [4.69, 9.17) is 5.11 Å². The highest BCUT2D eigenvalue weighted by atomic mass is 79.9. The number of anilines is 1. The molecular weight excluding hydrogens is 335 g/mol. The summed E-state index contributed by atoms with van der Waals surface area (Å²) in [6, 6.07) is 3.08. The molecule has 0 unspecified atom stereocenters. The topological polar surface area (TPSA) is 53.4 Å². The third-order valence-electron chi connectivity index (χ3n) is 2.50. The van der Waals surface area contributed by atoms with Gasteiger partial charge in [0, 0.05) is 19.8 Å². The first-order chi connectivity index (χ1) is 8.99. The number of carboxylic acid groups (broad SMARTS) is 1. The van der Waals surface area contributed by atoms with Crippen molar-refractivity contribution in [2.45, 2.75) is 6.54 Å². The van der Waals surface area contributed by atoms with Gasteiger partial charge in [-0.25, -0.2) is 14.2 Å². The Morgan fingerprint density at radius 1 is 1.63 bits per heavy atom. The molecule has 2 aromatic rings. The second-order valence-electron chi connectivity index (χ2n) is 3.92. The number of hydrogen-bond acceptors (Lipinski definition) is 4. The van der Waals surface area contributed by atoms with Crippen LogP contribution in [-0.2, 0) is 6.54 Å². The molecule has 0 aliphatic rings. The number of aromatic carboxylic acids is 1. The van der Waals surface area contributed by atoms with E-state index in [9.17, 15) is 9.18 Å². The summed E-state index contributed by atoms with van der Waals surface area (Å²) < 4.78 is 15.0. The Morgan fingerprint density at radius 2 is 2.37 bits per heavy atom. The molecule has 0 atom stereocenters. The van der Waals surface area contributed by atoms with Gasteiger partial charge >= 0.3 is 5.97 Å². The first kappa shape index (κ1) is 14.0. The predicted molar refractivity (Wildman–Crippen MR) is 75.3 cm³/mol. The van der Waals surface area contributed by atoms with E-state index < -0.39 is 11.8 Å². The lowest BCUT2D eigenvalue weighted by Gasteiger charge is -2.18. The standard InChI is InChI=1S/C12H10BrFN2O2S/c1-16(5-7-4-9(13)19-6-7)11-10(14)8(12(17)18)2-3-15-11/h2-4,6H,5H2,1H3,(H,17,18). The Balaban J connectivity index is 2.26. The Hall–Kier alpha value is -1.47. The van der Waals surface area contributed by atoms with Crippen molar-refractivity contribution in [1.82, 2.24) is 4.98 Å². The van der Waals surface area contributed by atoms with E-state index >= 15 is 0 Å². The lowest BCUT2D eigenvalue weighted by Crippen LogP contribution is -2.20. The molecular formula is C12H10BrFN2O2S. The van der Waals surface area contributed by atoms with Gasteiger partial charge in [0.25, 0.3) is 0 Å².